The maximum absolute atomic E-state index is 11.3. The Morgan fingerprint density at radius 1 is 1.47 bits per heavy atom. The Morgan fingerprint density at radius 2 is 2.26 bits per heavy atom. The minimum atomic E-state index is -0.982. The lowest BCUT2D eigenvalue weighted by Crippen LogP contribution is -2.05. The van der Waals surface area contributed by atoms with Crippen molar-refractivity contribution in [2.24, 2.45) is 0 Å². The van der Waals surface area contributed by atoms with E-state index in [-0.39, 0.29) is 17.0 Å². The molecule has 0 aromatic carbocycles. The van der Waals surface area contributed by atoms with Crippen molar-refractivity contribution in [3.63, 3.8) is 0 Å². The molecule has 3 aromatic rings. The molecule has 0 unspecified atom stereocenters. The lowest BCUT2D eigenvalue weighted by Gasteiger charge is -2.06. The molecule has 95 valence electrons. The molecule has 0 saturated heterocycles. The van der Waals surface area contributed by atoms with E-state index in [4.69, 9.17) is 5.73 Å². The van der Waals surface area contributed by atoms with Gasteiger partial charge < -0.3 is 5.11 Å². The second kappa shape index (κ2) is 4.06. The van der Waals surface area contributed by atoms with Gasteiger partial charge in [-0.15, -0.1) is 11.3 Å². The van der Waals surface area contributed by atoms with Gasteiger partial charge in [0.1, 0.15) is 17.6 Å². The first-order valence-electron chi connectivity index (χ1n) is 5.46. The molecule has 0 atom stereocenters. The Labute approximate surface area is 112 Å². The maximum atomic E-state index is 11.3. The Bertz CT molecular complexity index is 790. The van der Waals surface area contributed by atoms with E-state index in [0.29, 0.717) is 5.69 Å². The zero-order chi connectivity index (χ0) is 13.6. The topological polar surface area (TPSA) is 91.3 Å². The molecule has 0 bridgehead atoms. The van der Waals surface area contributed by atoms with Gasteiger partial charge in [0.05, 0.1) is 10.6 Å². The van der Waals surface area contributed by atoms with E-state index in [1.165, 1.54) is 16.9 Å². The van der Waals surface area contributed by atoms with Gasteiger partial charge in [-0.05, 0) is 19.1 Å². The van der Waals surface area contributed by atoms with Gasteiger partial charge in [0.15, 0.2) is 5.65 Å². The highest BCUT2D eigenvalue weighted by Crippen LogP contribution is 2.32. The molecule has 1 radical (unpaired) electrons. The summed E-state index contributed by atoms with van der Waals surface area (Å²) in [6.45, 7) is 1.98. The second-order valence-corrected chi connectivity index (χ2v) is 5.31. The van der Waals surface area contributed by atoms with Gasteiger partial charge in [-0.3, -0.25) is 10.5 Å². The molecular formula is C12H9N4O2S. The van der Waals surface area contributed by atoms with Gasteiger partial charge in [-0.2, -0.15) is 5.10 Å². The number of nitrogens with one attached hydrogen (secondary N) is 1. The van der Waals surface area contributed by atoms with Gasteiger partial charge >= 0.3 is 0 Å². The summed E-state index contributed by atoms with van der Waals surface area (Å²) >= 11 is 1.55. The fourth-order valence-corrected chi connectivity index (χ4v) is 2.80. The van der Waals surface area contributed by atoms with Gasteiger partial charge in [-0.25, -0.2) is 9.50 Å². The van der Waals surface area contributed by atoms with Gasteiger partial charge in [-0.1, -0.05) is 0 Å². The Balaban J connectivity index is 2.36. The summed E-state index contributed by atoms with van der Waals surface area (Å²) in [6.07, 6.45) is 1.30. The molecule has 7 heteroatoms. The number of thiophene rings is 1. The maximum Gasteiger partial charge on any atom is 0.277 e. The molecule has 1 amide bonds. The summed E-state index contributed by atoms with van der Waals surface area (Å²) in [5, 5.41) is 14.0. The van der Waals surface area contributed by atoms with Crippen LogP contribution in [0, 0.1) is 6.92 Å². The third kappa shape index (κ3) is 1.75. The summed E-state index contributed by atoms with van der Waals surface area (Å²) < 4.78 is 1.47. The quantitative estimate of drug-likeness (QED) is 0.771. The number of carbonyl (C=O) groups is 1. The van der Waals surface area contributed by atoms with Crippen LogP contribution in [-0.4, -0.2) is 25.6 Å². The Hall–Kier alpha value is -2.41. The number of hydrogen-bond acceptors (Lipinski definition) is 5. The van der Waals surface area contributed by atoms with Crippen LogP contribution in [0.25, 0.3) is 16.2 Å². The zero-order valence-electron chi connectivity index (χ0n) is 9.91. The van der Waals surface area contributed by atoms with Gasteiger partial charge in [0, 0.05) is 10.9 Å². The van der Waals surface area contributed by atoms with E-state index in [9.17, 15) is 9.90 Å². The number of aromatic nitrogens is 3. The SMILES string of the molecule is Cc1ccc(-c2cc(O)c(C([NH])=O)c3ncnn23)s1. The van der Waals surface area contributed by atoms with E-state index in [1.54, 1.807) is 11.3 Å². The van der Waals surface area contributed by atoms with Crippen LogP contribution >= 0.6 is 11.3 Å². The fraction of sp³-hybridized carbons (Fsp3) is 0.0833. The fourth-order valence-electron chi connectivity index (χ4n) is 1.93. The van der Waals surface area contributed by atoms with Crippen LogP contribution in [0.3, 0.4) is 0 Å². The Kier molecular flexibility index (Phi) is 2.49. The largest absolute Gasteiger partial charge is 0.507 e. The second-order valence-electron chi connectivity index (χ2n) is 4.02. The Morgan fingerprint density at radius 3 is 2.89 bits per heavy atom. The monoisotopic (exact) mass is 273 g/mol. The van der Waals surface area contributed by atoms with Crippen molar-refractivity contribution >= 4 is 22.9 Å². The van der Waals surface area contributed by atoms with Crippen molar-refractivity contribution in [2.45, 2.75) is 6.92 Å². The molecule has 0 aliphatic carbocycles. The number of rotatable bonds is 2. The molecule has 3 rings (SSSR count). The zero-order valence-corrected chi connectivity index (χ0v) is 10.7. The van der Waals surface area contributed by atoms with E-state index in [0.717, 1.165) is 9.75 Å². The highest BCUT2D eigenvalue weighted by atomic mass is 32.1. The standard InChI is InChI=1S/C12H9N4O2S/c1-6-2-3-9(19-6)7-4-8(17)10(11(13)18)12-14-5-15-16(7)12/h2-5,13,17H,1H3. The summed E-state index contributed by atoms with van der Waals surface area (Å²) in [7, 11) is 0. The average molecular weight is 273 g/mol. The van der Waals surface area contributed by atoms with Gasteiger partial charge in [0.25, 0.3) is 5.91 Å². The molecule has 0 aliphatic heterocycles. The van der Waals surface area contributed by atoms with Crippen molar-refractivity contribution in [1.29, 1.82) is 0 Å². The van der Waals surface area contributed by atoms with E-state index in [1.807, 2.05) is 19.1 Å². The van der Waals surface area contributed by atoms with Crippen molar-refractivity contribution in [3.05, 3.63) is 35.0 Å². The molecule has 19 heavy (non-hydrogen) atoms. The normalized spacial score (nSPS) is 11.0. The van der Waals surface area contributed by atoms with Crippen LogP contribution in [-0.2, 0) is 0 Å². The number of aromatic hydroxyl groups is 1. The van der Waals surface area contributed by atoms with Crippen LogP contribution in [0.15, 0.2) is 24.5 Å². The van der Waals surface area contributed by atoms with E-state index in [2.05, 4.69) is 10.1 Å². The van der Waals surface area contributed by atoms with Crippen molar-refractivity contribution < 1.29 is 9.90 Å². The molecular weight excluding hydrogens is 264 g/mol. The van der Waals surface area contributed by atoms with Crippen LogP contribution in [0.5, 0.6) is 5.75 Å². The number of pyridine rings is 1. The highest BCUT2D eigenvalue weighted by Gasteiger charge is 2.19. The van der Waals surface area contributed by atoms with Crippen molar-refractivity contribution in [1.82, 2.24) is 20.3 Å². The van der Waals surface area contributed by atoms with E-state index >= 15 is 0 Å². The lowest BCUT2D eigenvalue weighted by atomic mass is 10.2. The number of fused-ring (bicyclic) bond motifs is 1. The van der Waals surface area contributed by atoms with Gasteiger partial charge in [0.2, 0.25) is 0 Å². The summed E-state index contributed by atoms with van der Waals surface area (Å²) in [5.74, 6) is -1.23. The van der Waals surface area contributed by atoms with Crippen LogP contribution < -0.4 is 5.73 Å². The number of carbonyl (C=O) groups excluding carboxylic acids is 1. The number of nitrogens with zero attached hydrogens (tertiary/aromatic N) is 3. The lowest BCUT2D eigenvalue weighted by molar-refractivity contribution is 0.0990. The highest BCUT2D eigenvalue weighted by molar-refractivity contribution is 7.15. The van der Waals surface area contributed by atoms with Crippen LogP contribution in [0.1, 0.15) is 15.2 Å². The predicted octanol–water partition coefficient (Wildman–Crippen LogP) is 1.89. The molecule has 3 heterocycles. The average Bonchev–Trinajstić information content (AvgIpc) is 2.95. The molecule has 0 aliphatic rings. The van der Waals surface area contributed by atoms with Crippen LogP contribution in [0.4, 0.5) is 0 Å². The summed E-state index contributed by atoms with van der Waals surface area (Å²) in [5.41, 5.74) is 7.89. The molecule has 0 spiro atoms. The number of aryl methyl sites for hydroxylation is 1. The van der Waals surface area contributed by atoms with Crippen LogP contribution in [0.2, 0.25) is 0 Å². The third-order valence-corrected chi connectivity index (χ3v) is 3.77. The van der Waals surface area contributed by atoms with Crippen molar-refractivity contribution in [2.75, 3.05) is 0 Å². The predicted molar refractivity (Wildman–Crippen MR) is 70.1 cm³/mol. The number of amides is 1. The minimum Gasteiger partial charge on any atom is -0.507 e. The number of hydrogen-bond donors (Lipinski definition) is 1. The summed E-state index contributed by atoms with van der Waals surface area (Å²) in [6, 6.07) is 5.32. The third-order valence-electron chi connectivity index (χ3n) is 2.75. The molecule has 6 nitrogen and oxygen atoms in total. The van der Waals surface area contributed by atoms with Crippen molar-refractivity contribution in [3.8, 4) is 16.3 Å². The molecule has 0 saturated carbocycles. The molecule has 3 aromatic heterocycles. The first-order valence-corrected chi connectivity index (χ1v) is 6.28. The first-order chi connectivity index (χ1) is 9.08. The smallest absolute Gasteiger partial charge is 0.277 e. The van der Waals surface area contributed by atoms with E-state index < -0.39 is 5.91 Å². The minimum absolute atomic E-state index is 0.130. The first kappa shape index (κ1) is 11.7. The molecule has 2 N–H and O–H groups in total. The molecule has 0 fully saturated rings. The summed E-state index contributed by atoms with van der Waals surface area (Å²) in [4.78, 5) is 17.2.